The second kappa shape index (κ2) is 8.57. The highest BCUT2D eigenvalue weighted by molar-refractivity contribution is 7.91. The lowest BCUT2D eigenvalue weighted by Crippen LogP contribution is -2.30. The van der Waals surface area contributed by atoms with Crippen molar-refractivity contribution >= 4 is 27.2 Å². The molecule has 0 unspecified atom stereocenters. The van der Waals surface area contributed by atoms with Crippen LogP contribution in [0.15, 0.2) is 59.4 Å². The average Bonchev–Trinajstić information content (AvgIpc) is 2.99. The molecular weight excluding hydrogens is 459 g/mol. The van der Waals surface area contributed by atoms with Crippen LogP contribution in [0.4, 0.5) is 4.39 Å². The van der Waals surface area contributed by atoms with Crippen molar-refractivity contribution in [1.29, 1.82) is 0 Å². The second-order valence-electron chi connectivity index (χ2n) is 7.68. The first-order chi connectivity index (χ1) is 15.1. The number of sulfone groups is 1. The molecule has 1 saturated heterocycles. The lowest BCUT2D eigenvalue weighted by Gasteiger charge is -2.14. The topological polar surface area (TPSA) is 106 Å². The third-order valence-electron chi connectivity index (χ3n) is 5.29. The summed E-state index contributed by atoms with van der Waals surface area (Å²) in [7, 11) is -3.45. The van der Waals surface area contributed by atoms with Crippen LogP contribution in [0.5, 0.6) is 0 Å². The first-order valence-electron chi connectivity index (χ1n) is 9.71. The number of Topliss-reactive ketones (excluding diaryl/α,β-unsaturated/α-hetero) is 1. The number of rotatable bonds is 5. The van der Waals surface area contributed by atoms with Gasteiger partial charge in [-0.3, -0.25) is 9.59 Å². The maximum atomic E-state index is 13.8. The van der Waals surface area contributed by atoms with Crippen molar-refractivity contribution < 1.29 is 22.7 Å². The Morgan fingerprint density at radius 2 is 1.88 bits per heavy atom. The first-order valence-corrected chi connectivity index (χ1v) is 11.9. The van der Waals surface area contributed by atoms with Gasteiger partial charge in [0.1, 0.15) is 5.82 Å². The fourth-order valence-electron chi connectivity index (χ4n) is 3.68. The van der Waals surface area contributed by atoms with Crippen LogP contribution in [0, 0.1) is 11.7 Å². The molecule has 4 rings (SSSR count). The van der Waals surface area contributed by atoms with Crippen molar-refractivity contribution in [3.63, 3.8) is 0 Å². The predicted octanol–water partition coefficient (Wildman–Crippen LogP) is 2.67. The van der Waals surface area contributed by atoms with E-state index in [9.17, 15) is 27.5 Å². The van der Waals surface area contributed by atoms with E-state index in [1.165, 1.54) is 24.3 Å². The molecule has 0 bridgehead atoms. The summed E-state index contributed by atoms with van der Waals surface area (Å²) in [6.45, 7) is 0. The van der Waals surface area contributed by atoms with Crippen LogP contribution >= 0.6 is 11.6 Å². The average molecular weight is 477 g/mol. The molecule has 3 aromatic rings. The molecule has 0 aliphatic carbocycles. The number of hydrogen-bond donors (Lipinski definition) is 1. The second-order valence-corrected chi connectivity index (χ2v) is 10.3. The third kappa shape index (κ3) is 4.64. The van der Waals surface area contributed by atoms with Crippen LogP contribution in [-0.4, -0.2) is 46.7 Å². The van der Waals surface area contributed by atoms with E-state index < -0.39 is 44.8 Å². The molecule has 10 heteroatoms. The Bertz CT molecular complexity index is 1360. The maximum absolute atomic E-state index is 13.8. The van der Waals surface area contributed by atoms with Crippen LogP contribution in [-0.2, 0) is 9.84 Å². The van der Waals surface area contributed by atoms with Crippen LogP contribution < -0.4 is 5.56 Å². The monoisotopic (exact) mass is 476 g/mol. The highest BCUT2D eigenvalue weighted by Crippen LogP contribution is 2.25. The molecule has 2 atom stereocenters. The number of nitrogens with zero attached hydrogens (tertiary/aromatic N) is 2. The molecule has 7 nitrogen and oxygen atoms in total. The summed E-state index contributed by atoms with van der Waals surface area (Å²) >= 11 is 5.94. The van der Waals surface area contributed by atoms with Crippen molar-refractivity contribution in [3.05, 3.63) is 81.4 Å². The zero-order chi connectivity index (χ0) is 23.0. The van der Waals surface area contributed by atoms with Gasteiger partial charge in [0, 0.05) is 22.9 Å². The van der Waals surface area contributed by atoms with Crippen LogP contribution in [0.25, 0.3) is 16.9 Å². The zero-order valence-corrected chi connectivity index (χ0v) is 18.2. The quantitative estimate of drug-likeness (QED) is 0.567. The summed E-state index contributed by atoms with van der Waals surface area (Å²) in [5, 5.41) is 14.8. The Labute approximate surface area is 188 Å². The Balaban J connectivity index is 1.81. The van der Waals surface area contributed by atoms with Gasteiger partial charge >= 0.3 is 0 Å². The van der Waals surface area contributed by atoms with Gasteiger partial charge in [-0.2, -0.15) is 9.78 Å². The summed E-state index contributed by atoms with van der Waals surface area (Å²) in [5.41, 5.74) is -0.0340. The molecule has 1 aliphatic heterocycles. The maximum Gasteiger partial charge on any atom is 0.282 e. The lowest BCUT2D eigenvalue weighted by molar-refractivity contribution is 0.0892. The minimum Gasteiger partial charge on any atom is -0.392 e. The Kier molecular flexibility index (Phi) is 5.98. The Hall–Kier alpha value is -2.88. The van der Waals surface area contributed by atoms with Crippen molar-refractivity contribution in [2.75, 3.05) is 11.5 Å². The van der Waals surface area contributed by atoms with Gasteiger partial charge in [-0.05, 0) is 36.4 Å². The van der Waals surface area contributed by atoms with Crippen LogP contribution in [0.1, 0.15) is 16.8 Å². The van der Waals surface area contributed by atoms with Gasteiger partial charge in [0.05, 0.1) is 34.6 Å². The Morgan fingerprint density at radius 3 is 2.50 bits per heavy atom. The van der Waals surface area contributed by atoms with Crippen molar-refractivity contribution in [3.8, 4) is 16.9 Å². The number of halogens is 2. The highest BCUT2D eigenvalue weighted by Gasteiger charge is 2.38. The minimum atomic E-state index is -3.45. The number of aliphatic hydroxyl groups is 1. The molecule has 2 aromatic carbocycles. The van der Waals surface area contributed by atoms with Crippen molar-refractivity contribution in [2.45, 2.75) is 12.5 Å². The van der Waals surface area contributed by atoms with Gasteiger partial charge in [-0.25, -0.2) is 12.8 Å². The van der Waals surface area contributed by atoms with E-state index in [4.69, 9.17) is 11.6 Å². The summed E-state index contributed by atoms with van der Waals surface area (Å²) < 4.78 is 38.3. The number of hydrogen-bond acceptors (Lipinski definition) is 6. The minimum absolute atomic E-state index is 0.128. The molecule has 1 N–H and O–H groups in total. The number of carbonyl (C=O) groups excluding carboxylic acids is 1. The van der Waals surface area contributed by atoms with Gasteiger partial charge in [-0.1, -0.05) is 29.8 Å². The number of aliphatic hydroxyl groups excluding tert-OH is 1. The molecule has 166 valence electrons. The van der Waals surface area contributed by atoms with Crippen LogP contribution in [0.2, 0.25) is 5.02 Å². The van der Waals surface area contributed by atoms with E-state index in [1.807, 2.05) is 0 Å². The van der Waals surface area contributed by atoms with Gasteiger partial charge < -0.3 is 5.11 Å². The van der Waals surface area contributed by atoms with E-state index in [1.54, 1.807) is 24.3 Å². The molecule has 0 amide bonds. The lowest BCUT2D eigenvalue weighted by atomic mass is 9.96. The van der Waals surface area contributed by atoms with E-state index in [0.717, 1.165) is 10.7 Å². The fraction of sp³-hybridized carbons (Fsp3) is 0.227. The van der Waals surface area contributed by atoms with Crippen LogP contribution in [0.3, 0.4) is 0 Å². The number of carbonyl (C=O) groups is 1. The molecule has 32 heavy (non-hydrogen) atoms. The molecule has 0 saturated carbocycles. The zero-order valence-electron chi connectivity index (χ0n) is 16.6. The summed E-state index contributed by atoms with van der Waals surface area (Å²) in [6, 6.07) is 13.1. The first kappa shape index (κ1) is 22.3. The SMILES string of the molecule is O=C(C[C@H]1CS(=O)(=O)C[C@H]1O)c1cc(-c2ccc(Cl)cc2)nn(-c2cccc(F)c2)c1=O. The molecule has 1 aromatic heterocycles. The molecule has 0 spiro atoms. The third-order valence-corrected chi connectivity index (χ3v) is 7.33. The summed E-state index contributed by atoms with van der Waals surface area (Å²) in [4.78, 5) is 26.1. The van der Waals surface area contributed by atoms with Gasteiger partial charge in [0.15, 0.2) is 15.6 Å². The Morgan fingerprint density at radius 1 is 1.16 bits per heavy atom. The summed E-state index contributed by atoms with van der Waals surface area (Å²) in [5.74, 6) is -2.75. The van der Waals surface area contributed by atoms with Gasteiger partial charge in [0.25, 0.3) is 5.56 Å². The van der Waals surface area contributed by atoms with Gasteiger partial charge in [-0.15, -0.1) is 0 Å². The highest BCUT2D eigenvalue weighted by atomic mass is 35.5. The number of aromatic nitrogens is 2. The molecule has 1 fully saturated rings. The predicted molar refractivity (Wildman–Crippen MR) is 117 cm³/mol. The number of benzene rings is 2. The fourth-order valence-corrected chi connectivity index (χ4v) is 5.73. The normalized spacial score (nSPS) is 19.7. The molecular formula is C22H18ClFN2O5S. The molecule has 1 aliphatic rings. The smallest absolute Gasteiger partial charge is 0.282 e. The summed E-state index contributed by atoms with van der Waals surface area (Å²) in [6.07, 6.45) is -1.49. The largest absolute Gasteiger partial charge is 0.392 e. The van der Waals surface area contributed by atoms with Crippen molar-refractivity contribution in [2.24, 2.45) is 5.92 Å². The molecule has 2 heterocycles. The molecule has 0 radical (unpaired) electrons. The van der Waals surface area contributed by atoms with Gasteiger partial charge in [0.2, 0.25) is 0 Å². The van der Waals surface area contributed by atoms with E-state index >= 15 is 0 Å². The van der Waals surface area contributed by atoms with E-state index in [-0.39, 0.29) is 29.1 Å². The van der Waals surface area contributed by atoms with E-state index in [0.29, 0.717) is 10.6 Å². The van der Waals surface area contributed by atoms with E-state index in [2.05, 4.69) is 5.10 Å². The van der Waals surface area contributed by atoms with Crippen molar-refractivity contribution in [1.82, 2.24) is 9.78 Å². The standard InChI is InChI=1S/C22H18ClFN2O5S/c23-15-6-4-13(5-7-15)19-10-18(20(27)8-14-11-32(30,31)12-21(14)28)22(29)26(25-19)17-3-1-2-16(24)9-17/h1-7,9-10,14,21,28H,8,11-12H2/t14-,21+/m0/s1. The number of ketones is 1.